The third-order valence-corrected chi connectivity index (χ3v) is 3.37. The summed E-state index contributed by atoms with van der Waals surface area (Å²) in [4.78, 5) is 8.36. The van der Waals surface area contributed by atoms with E-state index < -0.39 is 0 Å². The molecule has 138 valence electrons. The lowest BCUT2D eigenvalue weighted by Gasteiger charge is -2.21. The van der Waals surface area contributed by atoms with Gasteiger partial charge in [-0.15, -0.1) is 0 Å². The zero-order valence-corrected chi connectivity index (χ0v) is 15.5. The summed E-state index contributed by atoms with van der Waals surface area (Å²) in [5.41, 5.74) is 3.43. The Morgan fingerprint density at radius 3 is 2.23 bits per heavy atom. The van der Waals surface area contributed by atoms with E-state index in [4.69, 9.17) is 14.6 Å². The van der Waals surface area contributed by atoms with E-state index in [0.717, 1.165) is 23.6 Å². The quantitative estimate of drug-likeness (QED) is 0.808. The molecule has 1 N–H and O–H groups in total. The Morgan fingerprint density at radius 2 is 1.73 bits per heavy atom. The molecular formula is C21H26N2O3. The van der Waals surface area contributed by atoms with Crippen LogP contribution < -0.4 is 9.75 Å². The zero-order chi connectivity index (χ0) is 19.2. The summed E-state index contributed by atoms with van der Waals surface area (Å²) in [5.74, 6) is 0.891. The molecule has 2 aromatic carbocycles. The van der Waals surface area contributed by atoms with Crippen LogP contribution in [-0.4, -0.2) is 30.9 Å². The van der Waals surface area contributed by atoms with Crippen molar-refractivity contribution in [3.63, 3.8) is 0 Å². The molecule has 1 aliphatic rings. The van der Waals surface area contributed by atoms with Gasteiger partial charge in [-0.3, -0.25) is 9.80 Å². The summed E-state index contributed by atoms with van der Waals surface area (Å²) in [7, 11) is 0. The Morgan fingerprint density at radius 1 is 1.12 bits per heavy atom. The molecule has 2 aromatic rings. The van der Waals surface area contributed by atoms with Gasteiger partial charge in [0.2, 0.25) is 0 Å². The van der Waals surface area contributed by atoms with Crippen LogP contribution in [0, 0.1) is 0 Å². The summed E-state index contributed by atoms with van der Waals surface area (Å²) in [6.45, 7) is 7.19. The zero-order valence-electron chi connectivity index (χ0n) is 15.5. The second kappa shape index (κ2) is 12.3. The number of anilines is 1. The Balaban J connectivity index is 0.000000615. The Labute approximate surface area is 155 Å². The van der Waals surface area contributed by atoms with Crippen LogP contribution in [0.5, 0.6) is 5.75 Å². The topological polar surface area (TPSA) is 62.1 Å². The van der Waals surface area contributed by atoms with Gasteiger partial charge in [-0.05, 0) is 42.3 Å². The molecule has 0 saturated heterocycles. The van der Waals surface area contributed by atoms with Crippen molar-refractivity contribution in [2.24, 2.45) is 5.10 Å². The van der Waals surface area contributed by atoms with Crippen molar-refractivity contribution in [3.8, 4) is 5.75 Å². The summed E-state index contributed by atoms with van der Waals surface area (Å²) in [6, 6.07) is 18.3. The fourth-order valence-corrected chi connectivity index (χ4v) is 2.29. The summed E-state index contributed by atoms with van der Waals surface area (Å²) in [5, 5.41) is 13.4. The summed E-state index contributed by atoms with van der Waals surface area (Å²) in [6.07, 6.45) is 4.11. The maximum absolute atomic E-state index is 8.36. The number of ether oxygens (including phenoxy) is 1. The average Bonchev–Trinajstić information content (AvgIpc) is 2.72. The predicted octanol–water partition coefficient (Wildman–Crippen LogP) is 4.70. The highest BCUT2D eigenvalue weighted by atomic mass is 16.5. The largest absolute Gasteiger partial charge is 0.494 e. The summed E-state index contributed by atoms with van der Waals surface area (Å²) < 4.78 is 5.45. The molecule has 0 atom stereocenters. The summed E-state index contributed by atoms with van der Waals surface area (Å²) >= 11 is 0. The number of nitrogens with zero attached hydrogens (tertiary/aromatic N) is 2. The van der Waals surface area contributed by atoms with Crippen LogP contribution in [0.15, 0.2) is 65.8 Å². The molecule has 0 bridgehead atoms. The van der Waals surface area contributed by atoms with Crippen molar-refractivity contribution in [3.05, 3.63) is 66.2 Å². The van der Waals surface area contributed by atoms with E-state index >= 15 is 0 Å². The van der Waals surface area contributed by atoms with Gasteiger partial charge >= 0.3 is 0 Å². The maximum Gasteiger partial charge on any atom is 0.290 e. The second-order valence-electron chi connectivity index (χ2n) is 4.88. The number of carboxylic acid groups (broad SMARTS) is 1. The minimum absolute atomic E-state index is 0.250. The number of hydrazone groups is 1. The molecular weight excluding hydrogens is 328 g/mol. The van der Waals surface area contributed by atoms with Crippen LogP contribution in [0.25, 0.3) is 5.57 Å². The monoisotopic (exact) mass is 354 g/mol. The van der Waals surface area contributed by atoms with Gasteiger partial charge in [-0.25, -0.2) is 0 Å². The lowest BCUT2D eigenvalue weighted by atomic mass is 10.1. The van der Waals surface area contributed by atoms with Gasteiger partial charge < -0.3 is 9.84 Å². The van der Waals surface area contributed by atoms with Crippen molar-refractivity contribution in [1.29, 1.82) is 0 Å². The van der Waals surface area contributed by atoms with E-state index in [-0.39, 0.29) is 6.47 Å². The van der Waals surface area contributed by atoms with E-state index in [1.54, 1.807) is 0 Å². The minimum Gasteiger partial charge on any atom is -0.494 e. The Hall–Kier alpha value is -3.08. The van der Waals surface area contributed by atoms with Crippen molar-refractivity contribution in [1.82, 2.24) is 0 Å². The van der Waals surface area contributed by atoms with Gasteiger partial charge in [0.1, 0.15) is 5.75 Å². The minimum atomic E-state index is -0.250. The van der Waals surface area contributed by atoms with Crippen molar-refractivity contribution in [2.75, 3.05) is 18.2 Å². The molecule has 0 unspecified atom stereocenters. The first-order chi connectivity index (χ1) is 12.8. The SMILES string of the molecule is CC.CCOc1ccc(N2CC=C(c3ccccc3)C=N2)cc1.O=CO. The highest BCUT2D eigenvalue weighted by Crippen LogP contribution is 2.23. The molecule has 26 heavy (non-hydrogen) atoms. The molecule has 0 aliphatic carbocycles. The Bertz CT molecular complexity index is 695. The molecule has 0 fully saturated rings. The fourth-order valence-electron chi connectivity index (χ4n) is 2.29. The van der Waals surface area contributed by atoms with Crippen LogP contribution in [0.3, 0.4) is 0 Å². The van der Waals surface area contributed by atoms with E-state index in [0.29, 0.717) is 6.61 Å². The van der Waals surface area contributed by atoms with Crippen LogP contribution in [0.2, 0.25) is 0 Å². The van der Waals surface area contributed by atoms with E-state index in [1.165, 1.54) is 5.56 Å². The van der Waals surface area contributed by atoms with Crippen LogP contribution in [0.4, 0.5) is 5.69 Å². The predicted molar refractivity (Wildman–Crippen MR) is 108 cm³/mol. The molecule has 0 saturated carbocycles. The lowest BCUT2D eigenvalue weighted by Crippen LogP contribution is -2.19. The average molecular weight is 354 g/mol. The molecule has 5 heteroatoms. The molecule has 0 radical (unpaired) electrons. The fraction of sp³-hybridized carbons (Fsp3) is 0.238. The molecule has 0 aromatic heterocycles. The van der Waals surface area contributed by atoms with Crippen LogP contribution in [-0.2, 0) is 4.79 Å². The van der Waals surface area contributed by atoms with E-state index in [1.807, 2.05) is 74.5 Å². The van der Waals surface area contributed by atoms with Gasteiger partial charge in [-0.1, -0.05) is 50.3 Å². The number of carbonyl (C=O) groups is 1. The van der Waals surface area contributed by atoms with E-state index in [2.05, 4.69) is 23.3 Å². The third kappa shape index (κ3) is 6.43. The van der Waals surface area contributed by atoms with Gasteiger partial charge in [0.25, 0.3) is 6.47 Å². The van der Waals surface area contributed by atoms with Crippen molar-refractivity contribution in [2.45, 2.75) is 20.8 Å². The maximum atomic E-state index is 8.36. The Kier molecular flexibility index (Phi) is 9.92. The van der Waals surface area contributed by atoms with Crippen LogP contribution >= 0.6 is 0 Å². The standard InChI is InChI=1S/C18H18N2O.C2H6.CH2O2/c1-2-21-18-10-8-17(9-11-18)20-13-12-16(14-19-20)15-6-4-3-5-7-15;1-2;2-1-3/h3-12,14H,2,13H2,1H3;1-2H3;1H,(H,2,3). The molecule has 5 nitrogen and oxygen atoms in total. The molecule has 3 rings (SSSR count). The molecule has 0 amide bonds. The first-order valence-electron chi connectivity index (χ1n) is 8.66. The molecule has 1 aliphatic heterocycles. The van der Waals surface area contributed by atoms with Crippen molar-refractivity contribution >= 4 is 23.9 Å². The number of benzene rings is 2. The second-order valence-corrected chi connectivity index (χ2v) is 4.88. The lowest BCUT2D eigenvalue weighted by molar-refractivity contribution is -0.122. The highest BCUT2D eigenvalue weighted by Gasteiger charge is 2.09. The normalized spacial score (nSPS) is 12.0. The number of hydrogen-bond acceptors (Lipinski definition) is 4. The smallest absolute Gasteiger partial charge is 0.290 e. The first kappa shape index (κ1) is 21.0. The first-order valence-corrected chi connectivity index (χ1v) is 8.66. The highest BCUT2D eigenvalue weighted by molar-refractivity contribution is 6.10. The number of allylic oxidation sites excluding steroid dienone is 1. The number of hydrogen-bond donors (Lipinski definition) is 1. The van der Waals surface area contributed by atoms with Gasteiger partial charge in [0, 0.05) is 0 Å². The van der Waals surface area contributed by atoms with E-state index in [9.17, 15) is 0 Å². The van der Waals surface area contributed by atoms with Crippen LogP contribution in [0.1, 0.15) is 26.3 Å². The van der Waals surface area contributed by atoms with Gasteiger partial charge in [0.15, 0.2) is 0 Å². The third-order valence-electron chi connectivity index (χ3n) is 3.37. The van der Waals surface area contributed by atoms with Crippen molar-refractivity contribution < 1.29 is 14.6 Å². The molecule has 1 heterocycles. The molecule has 0 spiro atoms. The van der Waals surface area contributed by atoms with Gasteiger partial charge in [0.05, 0.1) is 25.1 Å². The van der Waals surface area contributed by atoms with Gasteiger partial charge in [-0.2, -0.15) is 5.10 Å². The number of rotatable bonds is 4.